The van der Waals surface area contributed by atoms with Gasteiger partial charge in [0.1, 0.15) is 18.2 Å². The molecule has 39 heavy (non-hydrogen) atoms. The van der Waals surface area contributed by atoms with E-state index in [9.17, 15) is 0 Å². The average molecular weight is 551 g/mol. The molecule has 2 aromatic heterocycles. The predicted octanol–water partition coefficient (Wildman–Crippen LogP) is 3.09. The lowest BCUT2D eigenvalue weighted by molar-refractivity contribution is 0.108. The summed E-state index contributed by atoms with van der Waals surface area (Å²) in [6, 6.07) is 4.02. The molecule has 0 spiro atoms. The largest absolute Gasteiger partial charge is 0.493 e. The first-order valence-electron chi connectivity index (χ1n) is 13.8. The smallest absolute Gasteiger partial charge is 0.169 e. The number of aryl methyl sites for hydroxylation is 1. The molecule has 11 heteroatoms. The van der Waals surface area contributed by atoms with Crippen molar-refractivity contribution in [1.82, 2.24) is 35.5 Å². The van der Waals surface area contributed by atoms with Gasteiger partial charge in [-0.05, 0) is 51.0 Å². The van der Waals surface area contributed by atoms with Crippen LogP contribution in [0.4, 0.5) is 5.82 Å². The normalized spacial score (nSPS) is 18.6. The van der Waals surface area contributed by atoms with Crippen LogP contribution in [-0.2, 0) is 6.54 Å². The van der Waals surface area contributed by atoms with E-state index in [1.807, 2.05) is 19.1 Å². The maximum Gasteiger partial charge on any atom is 0.169 e. The van der Waals surface area contributed by atoms with Crippen molar-refractivity contribution in [3.8, 4) is 11.5 Å². The Bertz CT molecular complexity index is 1260. The summed E-state index contributed by atoms with van der Waals surface area (Å²) in [7, 11) is 1.69. The van der Waals surface area contributed by atoms with Crippen molar-refractivity contribution in [2.75, 3.05) is 51.3 Å². The molecule has 10 nitrogen and oxygen atoms in total. The molecule has 208 valence electrons. The van der Waals surface area contributed by atoms with Crippen molar-refractivity contribution in [3.63, 3.8) is 0 Å². The first-order chi connectivity index (χ1) is 19.1. The fourth-order valence-corrected chi connectivity index (χ4v) is 5.59. The molecule has 0 bridgehead atoms. The van der Waals surface area contributed by atoms with Crippen molar-refractivity contribution in [3.05, 3.63) is 42.2 Å². The Morgan fingerprint density at radius 2 is 1.97 bits per heavy atom. The minimum absolute atomic E-state index is 0.133. The van der Waals surface area contributed by atoms with Gasteiger partial charge in [-0.15, -0.1) is 0 Å². The second-order valence-corrected chi connectivity index (χ2v) is 10.6. The van der Waals surface area contributed by atoms with Gasteiger partial charge in [-0.1, -0.05) is 6.92 Å². The molecule has 1 aromatic carbocycles. The molecule has 3 aromatic rings. The summed E-state index contributed by atoms with van der Waals surface area (Å²) in [5.74, 6) is 2.85. The number of piperidine rings is 1. The number of hydrogen-bond acceptors (Lipinski definition) is 9. The fraction of sp³-hybridized carbons (Fsp3) is 0.536. The average Bonchev–Trinajstić information content (AvgIpc) is 2.99. The van der Waals surface area contributed by atoms with E-state index < -0.39 is 0 Å². The highest BCUT2D eigenvalue weighted by Gasteiger charge is 2.26. The van der Waals surface area contributed by atoms with Crippen LogP contribution in [0.3, 0.4) is 0 Å². The zero-order valence-electron chi connectivity index (χ0n) is 23.0. The molecule has 0 aliphatic carbocycles. The van der Waals surface area contributed by atoms with Crippen molar-refractivity contribution >= 4 is 34.1 Å². The summed E-state index contributed by atoms with van der Waals surface area (Å²) >= 11 is 5.66. The van der Waals surface area contributed by atoms with E-state index >= 15 is 0 Å². The first kappa shape index (κ1) is 27.3. The number of ether oxygens (including phenoxy) is 2. The maximum atomic E-state index is 6.54. The van der Waals surface area contributed by atoms with Gasteiger partial charge in [0.05, 0.1) is 36.8 Å². The van der Waals surface area contributed by atoms with E-state index in [0.717, 1.165) is 84.7 Å². The summed E-state index contributed by atoms with van der Waals surface area (Å²) in [5.41, 5.74) is 2.62. The maximum absolute atomic E-state index is 6.54. The second-order valence-electron chi connectivity index (χ2n) is 10.2. The third-order valence-corrected chi connectivity index (χ3v) is 7.97. The van der Waals surface area contributed by atoms with Crippen LogP contribution in [0, 0.1) is 12.8 Å². The molecule has 2 saturated heterocycles. The number of aromatic nitrogens is 4. The van der Waals surface area contributed by atoms with E-state index in [1.54, 1.807) is 25.8 Å². The third kappa shape index (κ3) is 6.47. The third-order valence-electron chi connectivity index (χ3n) is 7.56. The highest BCUT2D eigenvalue weighted by atomic mass is 32.1. The van der Waals surface area contributed by atoms with Gasteiger partial charge in [-0.3, -0.25) is 9.97 Å². The topological polar surface area (TPSA) is 101 Å². The quantitative estimate of drug-likeness (QED) is 0.405. The zero-order valence-corrected chi connectivity index (χ0v) is 23.8. The van der Waals surface area contributed by atoms with Crippen molar-refractivity contribution in [1.29, 1.82) is 0 Å². The summed E-state index contributed by atoms with van der Waals surface area (Å²) in [6.07, 6.45) is 8.63. The molecule has 2 aliphatic heterocycles. The molecule has 2 unspecified atom stereocenters. The molecule has 2 atom stereocenters. The Balaban J connectivity index is 1.25. The van der Waals surface area contributed by atoms with Crippen LogP contribution in [0.15, 0.2) is 30.9 Å². The van der Waals surface area contributed by atoms with Gasteiger partial charge in [0.25, 0.3) is 0 Å². The molecule has 2 N–H and O–H groups in total. The SMILES string of the molecule is CCC(Oc1cc2ncnc(N3CCN(C(=S)NCc4cnc(C)cn4)CC3)c2cc1OC)C1CCCNC1. The fourth-order valence-electron chi connectivity index (χ4n) is 5.34. The first-order valence-corrected chi connectivity index (χ1v) is 14.2. The van der Waals surface area contributed by atoms with Crippen LogP contribution in [0.25, 0.3) is 10.9 Å². The van der Waals surface area contributed by atoms with E-state index in [2.05, 4.69) is 47.3 Å². The van der Waals surface area contributed by atoms with Gasteiger partial charge in [0.2, 0.25) is 0 Å². The standard InChI is InChI=1S/C28H38N8O2S/c1-4-24(20-6-5-7-29-15-20)38-26-13-23-22(12-25(26)37-3)27(34-18-33-23)35-8-10-36(11-9-35)28(39)32-17-21-16-30-19(2)14-31-21/h12-14,16,18,20,24,29H,4-11,15,17H2,1-3H3,(H,32,39). The molecule has 0 amide bonds. The highest BCUT2D eigenvalue weighted by molar-refractivity contribution is 7.80. The summed E-state index contributed by atoms with van der Waals surface area (Å²) < 4.78 is 12.3. The van der Waals surface area contributed by atoms with Crippen LogP contribution in [0.2, 0.25) is 0 Å². The van der Waals surface area contributed by atoms with Crippen molar-refractivity contribution in [2.24, 2.45) is 5.92 Å². The number of benzene rings is 1. The van der Waals surface area contributed by atoms with Gasteiger partial charge in [0.15, 0.2) is 16.6 Å². The summed E-state index contributed by atoms with van der Waals surface area (Å²) in [5, 5.41) is 8.51. The van der Waals surface area contributed by atoms with Gasteiger partial charge in [-0.2, -0.15) is 0 Å². The molecule has 0 radical (unpaired) electrons. The number of nitrogens with zero attached hydrogens (tertiary/aromatic N) is 6. The van der Waals surface area contributed by atoms with Crippen LogP contribution < -0.4 is 25.0 Å². The Hall–Kier alpha value is -3.31. The Labute approximate surface area is 235 Å². The molecule has 2 aliphatic rings. The highest BCUT2D eigenvalue weighted by Crippen LogP contribution is 2.37. The van der Waals surface area contributed by atoms with Crippen molar-refractivity contribution in [2.45, 2.75) is 45.8 Å². The number of nitrogens with one attached hydrogen (secondary N) is 2. The number of hydrogen-bond donors (Lipinski definition) is 2. The lowest BCUT2D eigenvalue weighted by atomic mass is 9.92. The van der Waals surface area contributed by atoms with Gasteiger partial charge in [0, 0.05) is 56.3 Å². The van der Waals surface area contributed by atoms with Crippen LogP contribution in [0.5, 0.6) is 11.5 Å². The summed E-state index contributed by atoms with van der Waals surface area (Å²) in [4.78, 5) is 22.4. The lowest BCUT2D eigenvalue weighted by Gasteiger charge is -2.37. The Kier molecular flexibility index (Phi) is 8.88. The van der Waals surface area contributed by atoms with E-state index in [-0.39, 0.29) is 6.10 Å². The second kappa shape index (κ2) is 12.7. The zero-order chi connectivity index (χ0) is 27.2. The number of thiocarbonyl (C=S) groups is 1. The minimum Gasteiger partial charge on any atom is -0.493 e. The van der Waals surface area contributed by atoms with Crippen molar-refractivity contribution < 1.29 is 9.47 Å². The lowest BCUT2D eigenvalue weighted by Crippen LogP contribution is -2.51. The van der Waals surface area contributed by atoms with Crippen LogP contribution >= 0.6 is 12.2 Å². The Morgan fingerprint density at radius 3 is 2.67 bits per heavy atom. The van der Waals surface area contributed by atoms with Crippen LogP contribution in [0.1, 0.15) is 37.6 Å². The molecule has 2 fully saturated rings. The van der Waals surface area contributed by atoms with Gasteiger partial charge >= 0.3 is 0 Å². The van der Waals surface area contributed by atoms with Gasteiger partial charge in [-0.25, -0.2) is 9.97 Å². The molecule has 0 saturated carbocycles. The number of anilines is 1. The predicted molar refractivity (Wildman–Crippen MR) is 156 cm³/mol. The Morgan fingerprint density at radius 1 is 1.13 bits per heavy atom. The number of methoxy groups -OCH3 is 1. The summed E-state index contributed by atoms with van der Waals surface area (Å²) in [6.45, 7) is 9.93. The number of rotatable bonds is 8. The van der Waals surface area contributed by atoms with Gasteiger partial charge < -0.3 is 29.9 Å². The molecule has 5 rings (SSSR count). The minimum atomic E-state index is 0.133. The van der Waals surface area contributed by atoms with E-state index in [1.165, 1.54) is 12.8 Å². The van der Waals surface area contributed by atoms with E-state index in [4.69, 9.17) is 21.7 Å². The molecular weight excluding hydrogens is 512 g/mol. The number of piperazine rings is 1. The number of fused-ring (bicyclic) bond motifs is 1. The molecular formula is C28H38N8O2S. The van der Waals surface area contributed by atoms with E-state index in [0.29, 0.717) is 18.2 Å². The monoisotopic (exact) mass is 550 g/mol. The molecule has 4 heterocycles. The van der Waals surface area contributed by atoms with Crippen LogP contribution in [-0.4, -0.2) is 82.4 Å².